The highest BCUT2D eigenvalue weighted by Gasteiger charge is 2.08. The van der Waals surface area contributed by atoms with Crippen LogP contribution in [-0.2, 0) is 0 Å². The van der Waals surface area contributed by atoms with Crippen molar-refractivity contribution >= 4 is 5.91 Å². The van der Waals surface area contributed by atoms with Gasteiger partial charge in [-0.2, -0.15) is 0 Å². The summed E-state index contributed by atoms with van der Waals surface area (Å²) in [6.07, 6.45) is 2.55. The Bertz CT molecular complexity index is 493. The van der Waals surface area contributed by atoms with Crippen molar-refractivity contribution in [2.45, 2.75) is 12.8 Å². The molecule has 0 aromatic heterocycles. The highest BCUT2D eigenvalue weighted by Crippen LogP contribution is 2.10. The quantitative estimate of drug-likeness (QED) is 0.845. The highest BCUT2D eigenvalue weighted by atomic mass is 16.5. The minimum absolute atomic E-state index is 0.108. The number of hydrogen-bond donors (Lipinski definition) is 1. The zero-order valence-corrected chi connectivity index (χ0v) is 11.8. The van der Waals surface area contributed by atoms with Crippen LogP contribution < -0.4 is 10.1 Å². The van der Waals surface area contributed by atoms with Crippen LogP contribution in [0.3, 0.4) is 0 Å². The Balaban J connectivity index is 1.72. The molecule has 1 aliphatic heterocycles. The lowest BCUT2D eigenvalue weighted by Gasteiger charge is -2.08. The molecule has 1 saturated heterocycles. The number of carbonyl (C=O) groups is 1. The van der Waals surface area contributed by atoms with Crippen molar-refractivity contribution in [3.05, 3.63) is 29.8 Å². The maximum absolute atomic E-state index is 11.8. The summed E-state index contributed by atoms with van der Waals surface area (Å²) in [6, 6.07) is 7.03. The van der Waals surface area contributed by atoms with Crippen LogP contribution >= 0.6 is 0 Å². The first-order chi connectivity index (χ1) is 9.79. The summed E-state index contributed by atoms with van der Waals surface area (Å²) in [6.45, 7) is 3.48. The number of hydrogen-bond acceptors (Lipinski definition) is 3. The first-order valence-corrected chi connectivity index (χ1v) is 6.90. The van der Waals surface area contributed by atoms with E-state index in [-0.39, 0.29) is 5.91 Å². The molecule has 1 aliphatic rings. The molecule has 0 bridgehead atoms. The van der Waals surface area contributed by atoms with Crippen molar-refractivity contribution in [3.8, 4) is 17.6 Å². The largest absolute Gasteiger partial charge is 0.497 e. The van der Waals surface area contributed by atoms with Gasteiger partial charge in [0, 0.05) is 5.56 Å². The predicted molar refractivity (Wildman–Crippen MR) is 78.8 cm³/mol. The maximum Gasteiger partial charge on any atom is 0.252 e. The van der Waals surface area contributed by atoms with Crippen LogP contribution in [0.1, 0.15) is 23.2 Å². The van der Waals surface area contributed by atoms with E-state index < -0.39 is 0 Å². The van der Waals surface area contributed by atoms with Crippen LogP contribution in [0.2, 0.25) is 0 Å². The summed E-state index contributed by atoms with van der Waals surface area (Å²) >= 11 is 0. The van der Waals surface area contributed by atoms with Gasteiger partial charge in [-0.1, -0.05) is 11.8 Å². The Morgan fingerprint density at radius 3 is 2.60 bits per heavy atom. The van der Waals surface area contributed by atoms with E-state index in [1.165, 1.54) is 12.8 Å². The Labute approximate surface area is 120 Å². The van der Waals surface area contributed by atoms with E-state index >= 15 is 0 Å². The van der Waals surface area contributed by atoms with Crippen LogP contribution in [0.4, 0.5) is 0 Å². The lowest BCUT2D eigenvalue weighted by atomic mass is 10.2. The molecule has 4 heteroatoms. The second-order valence-electron chi connectivity index (χ2n) is 4.75. The molecule has 1 heterocycles. The first-order valence-electron chi connectivity index (χ1n) is 6.90. The third-order valence-electron chi connectivity index (χ3n) is 3.32. The number of rotatable bonds is 4. The molecular weight excluding hydrogens is 252 g/mol. The fourth-order valence-electron chi connectivity index (χ4n) is 2.14. The van der Waals surface area contributed by atoms with E-state index in [9.17, 15) is 4.79 Å². The van der Waals surface area contributed by atoms with Gasteiger partial charge in [0.15, 0.2) is 0 Å². The van der Waals surface area contributed by atoms with E-state index in [1.54, 1.807) is 31.4 Å². The van der Waals surface area contributed by atoms with Gasteiger partial charge in [0.25, 0.3) is 5.91 Å². The summed E-state index contributed by atoms with van der Waals surface area (Å²) in [5.74, 6) is 6.72. The number of amides is 1. The van der Waals surface area contributed by atoms with Crippen LogP contribution in [0.25, 0.3) is 0 Å². The molecule has 0 radical (unpaired) electrons. The third kappa shape index (κ3) is 4.29. The average molecular weight is 272 g/mol. The SMILES string of the molecule is COc1ccc(C(=O)NCC#CCN2CCCC2)cc1. The van der Waals surface area contributed by atoms with E-state index in [0.717, 1.165) is 25.4 Å². The zero-order chi connectivity index (χ0) is 14.2. The Morgan fingerprint density at radius 2 is 1.95 bits per heavy atom. The molecule has 4 nitrogen and oxygen atoms in total. The standard InChI is InChI=1S/C16H20N2O2/c1-20-15-8-6-14(7-9-15)16(19)17-10-2-3-11-18-12-4-5-13-18/h6-9H,4-5,10-13H2,1H3,(H,17,19). The van der Waals surface area contributed by atoms with Crippen LogP contribution in [-0.4, -0.2) is 44.1 Å². The predicted octanol–water partition coefficient (Wildman–Crippen LogP) is 1.52. The molecule has 106 valence electrons. The fourth-order valence-corrected chi connectivity index (χ4v) is 2.14. The number of carbonyl (C=O) groups excluding carboxylic acids is 1. The Kier molecular flexibility index (Phi) is 5.45. The summed E-state index contributed by atoms with van der Waals surface area (Å²) in [5.41, 5.74) is 0.618. The van der Waals surface area contributed by atoms with E-state index in [4.69, 9.17) is 4.74 Å². The summed E-state index contributed by atoms with van der Waals surface area (Å²) in [7, 11) is 1.60. The van der Waals surface area contributed by atoms with Crippen LogP contribution in [0.5, 0.6) is 5.75 Å². The molecule has 0 saturated carbocycles. The minimum Gasteiger partial charge on any atom is -0.497 e. The number of methoxy groups -OCH3 is 1. The highest BCUT2D eigenvalue weighted by molar-refractivity contribution is 5.94. The van der Waals surface area contributed by atoms with E-state index in [2.05, 4.69) is 22.1 Å². The molecule has 1 fully saturated rings. The van der Waals surface area contributed by atoms with Gasteiger partial charge in [0.1, 0.15) is 5.75 Å². The second kappa shape index (κ2) is 7.56. The maximum atomic E-state index is 11.8. The Morgan fingerprint density at radius 1 is 1.25 bits per heavy atom. The van der Waals surface area contributed by atoms with Gasteiger partial charge in [0.05, 0.1) is 20.2 Å². The summed E-state index contributed by atoms with van der Waals surface area (Å²) < 4.78 is 5.05. The van der Waals surface area contributed by atoms with Crippen molar-refractivity contribution in [2.24, 2.45) is 0 Å². The van der Waals surface area contributed by atoms with Gasteiger partial charge in [-0.15, -0.1) is 0 Å². The Hall–Kier alpha value is -1.99. The van der Waals surface area contributed by atoms with Crippen molar-refractivity contribution in [1.29, 1.82) is 0 Å². The third-order valence-corrected chi connectivity index (χ3v) is 3.32. The van der Waals surface area contributed by atoms with Gasteiger partial charge in [-0.05, 0) is 50.2 Å². The lowest BCUT2D eigenvalue weighted by molar-refractivity contribution is 0.0958. The normalized spacial score (nSPS) is 14.4. The number of ether oxygens (including phenoxy) is 1. The molecule has 0 aliphatic carbocycles. The van der Waals surface area contributed by atoms with Gasteiger partial charge >= 0.3 is 0 Å². The fraction of sp³-hybridized carbons (Fsp3) is 0.438. The number of benzene rings is 1. The molecule has 0 spiro atoms. The number of nitrogens with zero attached hydrogens (tertiary/aromatic N) is 1. The van der Waals surface area contributed by atoms with Crippen molar-refractivity contribution in [2.75, 3.05) is 33.3 Å². The van der Waals surface area contributed by atoms with Crippen molar-refractivity contribution in [1.82, 2.24) is 10.2 Å². The van der Waals surface area contributed by atoms with E-state index in [0.29, 0.717) is 12.1 Å². The van der Waals surface area contributed by atoms with Crippen LogP contribution in [0, 0.1) is 11.8 Å². The van der Waals surface area contributed by atoms with Gasteiger partial charge in [0.2, 0.25) is 0 Å². The second-order valence-corrected chi connectivity index (χ2v) is 4.75. The molecule has 20 heavy (non-hydrogen) atoms. The summed E-state index contributed by atoms with van der Waals surface area (Å²) in [5, 5.41) is 2.79. The van der Waals surface area contributed by atoms with Gasteiger partial charge in [-0.3, -0.25) is 9.69 Å². The van der Waals surface area contributed by atoms with Gasteiger partial charge < -0.3 is 10.1 Å². The average Bonchev–Trinajstić information content (AvgIpc) is 3.00. The topological polar surface area (TPSA) is 41.6 Å². The summed E-state index contributed by atoms with van der Waals surface area (Å²) in [4.78, 5) is 14.2. The number of nitrogens with one attached hydrogen (secondary N) is 1. The molecular formula is C16H20N2O2. The van der Waals surface area contributed by atoms with Gasteiger partial charge in [-0.25, -0.2) is 0 Å². The molecule has 1 aromatic rings. The molecule has 0 atom stereocenters. The minimum atomic E-state index is -0.108. The number of likely N-dealkylation sites (tertiary alicyclic amines) is 1. The molecule has 0 unspecified atom stereocenters. The molecule has 2 rings (SSSR count). The molecule has 1 amide bonds. The first kappa shape index (κ1) is 14.4. The lowest BCUT2D eigenvalue weighted by Crippen LogP contribution is -2.24. The van der Waals surface area contributed by atoms with Crippen molar-refractivity contribution < 1.29 is 9.53 Å². The van der Waals surface area contributed by atoms with E-state index in [1.807, 2.05) is 0 Å². The molecule has 1 N–H and O–H groups in total. The molecule has 1 aromatic carbocycles. The monoisotopic (exact) mass is 272 g/mol. The van der Waals surface area contributed by atoms with Crippen LogP contribution in [0.15, 0.2) is 24.3 Å². The van der Waals surface area contributed by atoms with Crippen molar-refractivity contribution in [3.63, 3.8) is 0 Å². The zero-order valence-electron chi connectivity index (χ0n) is 11.8. The smallest absolute Gasteiger partial charge is 0.252 e.